The molecule has 1 fully saturated rings. The minimum Gasteiger partial charge on any atom is -0.497 e. The molecule has 0 atom stereocenters. The number of carbonyl (C=O) groups is 2. The summed E-state index contributed by atoms with van der Waals surface area (Å²) in [6, 6.07) is 10.9. The van der Waals surface area contributed by atoms with Gasteiger partial charge in [0.2, 0.25) is 0 Å². The second-order valence-electron chi connectivity index (χ2n) is 5.09. The normalized spacial score (nSPS) is 15.9. The van der Waals surface area contributed by atoms with Crippen molar-refractivity contribution >= 4 is 46.3 Å². The Morgan fingerprint density at radius 2 is 2.04 bits per heavy atom. The van der Waals surface area contributed by atoms with Crippen molar-refractivity contribution < 1.29 is 23.8 Å². The van der Waals surface area contributed by atoms with Gasteiger partial charge in [0, 0.05) is 11.6 Å². The summed E-state index contributed by atoms with van der Waals surface area (Å²) < 4.78 is 11.1. The second kappa shape index (κ2) is 7.12. The smallest absolute Gasteiger partial charge is 0.323 e. The molecule has 0 unspecified atom stereocenters. The van der Waals surface area contributed by atoms with Crippen LogP contribution in [0.2, 0.25) is 0 Å². The third-order valence-corrected chi connectivity index (χ3v) is 4.82. The fraction of sp³-hybridized carbons (Fsp3) is 0.118. The molecule has 8 heteroatoms. The van der Waals surface area contributed by atoms with Gasteiger partial charge in [0.05, 0.1) is 12.0 Å². The van der Waals surface area contributed by atoms with Gasteiger partial charge in [-0.2, -0.15) is 0 Å². The Kier molecular flexibility index (Phi) is 4.91. The zero-order chi connectivity index (χ0) is 18.0. The quantitative estimate of drug-likeness (QED) is 0.635. The van der Waals surface area contributed by atoms with Crippen molar-refractivity contribution in [2.75, 3.05) is 13.7 Å². The van der Waals surface area contributed by atoms with E-state index >= 15 is 0 Å². The van der Waals surface area contributed by atoms with Gasteiger partial charge in [-0.25, -0.2) is 0 Å². The molecule has 0 spiro atoms. The van der Waals surface area contributed by atoms with Gasteiger partial charge in [0.1, 0.15) is 28.1 Å². The summed E-state index contributed by atoms with van der Waals surface area (Å²) in [7, 11) is 1.60. The number of benzene rings is 1. The number of carboxylic acids is 1. The molecule has 0 saturated carbocycles. The van der Waals surface area contributed by atoms with Crippen LogP contribution >= 0.6 is 24.0 Å². The SMILES string of the molecule is COc1ccc(-c2ccc(/C=C3/SC(=S)N(CC(=O)O)C3=O)o2)cc1. The number of furan rings is 1. The Morgan fingerprint density at radius 3 is 2.68 bits per heavy atom. The maximum atomic E-state index is 12.2. The van der Waals surface area contributed by atoms with Gasteiger partial charge in [-0.05, 0) is 36.4 Å². The summed E-state index contributed by atoms with van der Waals surface area (Å²) >= 11 is 6.11. The highest BCUT2D eigenvalue weighted by atomic mass is 32.2. The van der Waals surface area contributed by atoms with Crippen LogP contribution in [0, 0.1) is 0 Å². The minimum atomic E-state index is -1.11. The van der Waals surface area contributed by atoms with Gasteiger partial charge in [-0.15, -0.1) is 0 Å². The number of nitrogens with zero attached hydrogens (tertiary/aromatic N) is 1. The number of aliphatic carboxylic acids is 1. The fourth-order valence-electron chi connectivity index (χ4n) is 2.24. The van der Waals surface area contributed by atoms with E-state index in [2.05, 4.69) is 0 Å². The second-order valence-corrected chi connectivity index (χ2v) is 6.77. The van der Waals surface area contributed by atoms with Crippen LogP contribution in [-0.2, 0) is 9.59 Å². The number of ether oxygens (including phenoxy) is 1. The third kappa shape index (κ3) is 3.75. The van der Waals surface area contributed by atoms with Crippen molar-refractivity contribution in [2.45, 2.75) is 0 Å². The molecule has 2 heterocycles. The Morgan fingerprint density at radius 1 is 1.32 bits per heavy atom. The van der Waals surface area contributed by atoms with Crippen molar-refractivity contribution in [1.29, 1.82) is 0 Å². The highest BCUT2D eigenvalue weighted by Crippen LogP contribution is 2.33. The number of methoxy groups -OCH3 is 1. The molecule has 128 valence electrons. The minimum absolute atomic E-state index is 0.223. The Hall–Kier alpha value is -2.58. The first-order valence-electron chi connectivity index (χ1n) is 7.19. The van der Waals surface area contributed by atoms with Crippen LogP contribution in [0.15, 0.2) is 45.7 Å². The summed E-state index contributed by atoms with van der Waals surface area (Å²) in [5.41, 5.74) is 0.874. The van der Waals surface area contributed by atoms with E-state index in [1.54, 1.807) is 25.3 Å². The molecule has 1 saturated heterocycles. The average Bonchev–Trinajstić information content (AvgIpc) is 3.15. The molecule has 3 rings (SSSR count). The van der Waals surface area contributed by atoms with Crippen molar-refractivity contribution in [2.24, 2.45) is 0 Å². The van der Waals surface area contributed by atoms with E-state index < -0.39 is 18.4 Å². The van der Waals surface area contributed by atoms with Crippen LogP contribution in [0.25, 0.3) is 17.4 Å². The molecule has 1 N–H and O–H groups in total. The van der Waals surface area contributed by atoms with E-state index in [9.17, 15) is 9.59 Å². The number of amides is 1. The van der Waals surface area contributed by atoms with Crippen LogP contribution in [0.4, 0.5) is 0 Å². The van der Waals surface area contributed by atoms with Gasteiger partial charge in [-0.3, -0.25) is 14.5 Å². The van der Waals surface area contributed by atoms with E-state index in [0.29, 0.717) is 16.4 Å². The fourth-order valence-corrected chi connectivity index (χ4v) is 3.48. The van der Waals surface area contributed by atoms with Crippen molar-refractivity contribution in [3.63, 3.8) is 0 Å². The molecule has 1 aromatic heterocycles. The molecule has 0 radical (unpaired) electrons. The number of thiocarbonyl (C=S) groups is 1. The summed E-state index contributed by atoms with van der Waals surface area (Å²) in [6.45, 7) is -0.447. The molecule has 1 amide bonds. The van der Waals surface area contributed by atoms with Gasteiger partial charge in [0.15, 0.2) is 0 Å². The number of carboxylic acid groups (broad SMARTS) is 1. The Balaban J connectivity index is 1.80. The number of hydrogen-bond acceptors (Lipinski definition) is 6. The largest absolute Gasteiger partial charge is 0.497 e. The molecule has 6 nitrogen and oxygen atoms in total. The maximum absolute atomic E-state index is 12.2. The summed E-state index contributed by atoms with van der Waals surface area (Å²) in [4.78, 5) is 24.4. The van der Waals surface area contributed by atoms with E-state index in [0.717, 1.165) is 28.0 Å². The van der Waals surface area contributed by atoms with Crippen LogP contribution in [0.1, 0.15) is 5.76 Å². The summed E-state index contributed by atoms with van der Waals surface area (Å²) in [5, 5.41) is 8.84. The molecule has 2 aromatic rings. The summed E-state index contributed by atoms with van der Waals surface area (Å²) in [6.07, 6.45) is 1.56. The Labute approximate surface area is 153 Å². The topological polar surface area (TPSA) is 80.0 Å². The highest BCUT2D eigenvalue weighted by molar-refractivity contribution is 8.26. The lowest BCUT2D eigenvalue weighted by atomic mass is 10.2. The van der Waals surface area contributed by atoms with Gasteiger partial charge < -0.3 is 14.3 Å². The zero-order valence-electron chi connectivity index (χ0n) is 13.1. The van der Waals surface area contributed by atoms with Gasteiger partial charge in [-0.1, -0.05) is 24.0 Å². The number of hydrogen-bond donors (Lipinski definition) is 1. The zero-order valence-corrected chi connectivity index (χ0v) is 14.7. The number of carbonyl (C=O) groups excluding carboxylic acids is 1. The number of thioether (sulfide) groups is 1. The maximum Gasteiger partial charge on any atom is 0.323 e. The summed E-state index contributed by atoms with van der Waals surface area (Å²) in [5.74, 6) is 0.339. The Bertz CT molecular complexity index is 869. The van der Waals surface area contributed by atoms with E-state index in [1.807, 2.05) is 24.3 Å². The molecule has 0 aliphatic carbocycles. The predicted octanol–water partition coefficient (Wildman–Crippen LogP) is 3.24. The molecular formula is C17H13NO5S2. The van der Waals surface area contributed by atoms with E-state index in [4.69, 9.17) is 26.5 Å². The monoisotopic (exact) mass is 375 g/mol. The van der Waals surface area contributed by atoms with Crippen molar-refractivity contribution in [3.8, 4) is 17.1 Å². The van der Waals surface area contributed by atoms with Crippen LogP contribution < -0.4 is 4.74 Å². The number of rotatable bonds is 5. The van der Waals surface area contributed by atoms with Crippen LogP contribution in [-0.4, -0.2) is 39.9 Å². The predicted molar refractivity (Wildman–Crippen MR) is 98.2 cm³/mol. The molecule has 1 aromatic carbocycles. The standard InChI is InChI=1S/C17H13NO5S2/c1-22-11-4-2-10(3-5-11)13-7-6-12(23-13)8-14-16(21)18(9-15(19)20)17(24)25-14/h2-8H,9H2,1H3,(H,19,20)/b14-8+. The first-order valence-corrected chi connectivity index (χ1v) is 8.42. The first kappa shape index (κ1) is 17.2. The van der Waals surface area contributed by atoms with E-state index in [1.165, 1.54) is 0 Å². The highest BCUT2D eigenvalue weighted by Gasteiger charge is 2.33. The molecule has 1 aliphatic heterocycles. The van der Waals surface area contributed by atoms with Gasteiger partial charge in [0.25, 0.3) is 5.91 Å². The van der Waals surface area contributed by atoms with E-state index in [-0.39, 0.29) is 4.32 Å². The van der Waals surface area contributed by atoms with Crippen molar-refractivity contribution in [1.82, 2.24) is 4.90 Å². The molecular weight excluding hydrogens is 362 g/mol. The lowest BCUT2D eigenvalue weighted by Crippen LogP contribution is -2.33. The van der Waals surface area contributed by atoms with Crippen LogP contribution in [0.5, 0.6) is 5.75 Å². The van der Waals surface area contributed by atoms with Gasteiger partial charge >= 0.3 is 5.97 Å². The average molecular weight is 375 g/mol. The molecule has 1 aliphatic rings. The third-order valence-electron chi connectivity index (χ3n) is 3.44. The first-order chi connectivity index (χ1) is 12.0. The van der Waals surface area contributed by atoms with Crippen LogP contribution in [0.3, 0.4) is 0 Å². The van der Waals surface area contributed by atoms with Crippen molar-refractivity contribution in [3.05, 3.63) is 47.1 Å². The lowest BCUT2D eigenvalue weighted by molar-refractivity contribution is -0.140. The lowest BCUT2D eigenvalue weighted by Gasteiger charge is -2.09. The molecule has 0 bridgehead atoms. The molecule has 25 heavy (non-hydrogen) atoms.